The van der Waals surface area contributed by atoms with Gasteiger partial charge >= 0.3 is 11.9 Å². The molecule has 0 unspecified atom stereocenters. The number of hydrogen-bond donors (Lipinski definition) is 0. The maximum Gasteiger partial charge on any atom is 0.338 e. The van der Waals surface area contributed by atoms with E-state index < -0.39 is 17.8 Å². The lowest BCUT2D eigenvalue weighted by Gasteiger charge is -2.09. The van der Waals surface area contributed by atoms with Crippen LogP contribution in [0.5, 0.6) is 11.5 Å². The Morgan fingerprint density at radius 1 is 0.735 bits per heavy atom. The second-order valence-corrected chi connectivity index (χ2v) is 7.49. The fourth-order valence-corrected chi connectivity index (χ4v) is 2.85. The molecule has 0 aromatic heterocycles. The minimum Gasteiger partial charge on any atom is -0.462 e. The van der Waals surface area contributed by atoms with E-state index in [1.54, 1.807) is 31.2 Å². The van der Waals surface area contributed by atoms with Crippen molar-refractivity contribution in [1.29, 1.82) is 0 Å². The first-order valence-corrected chi connectivity index (χ1v) is 10.3. The van der Waals surface area contributed by atoms with Crippen molar-refractivity contribution in [2.24, 2.45) is 0 Å². The lowest BCUT2D eigenvalue weighted by molar-refractivity contribution is -0.133. The minimum absolute atomic E-state index is 0.122. The van der Waals surface area contributed by atoms with Gasteiger partial charge in [-0.05, 0) is 54.8 Å². The Morgan fingerprint density at radius 3 is 1.82 bits per heavy atom. The molecule has 0 saturated heterocycles. The van der Waals surface area contributed by atoms with Crippen molar-refractivity contribution in [3.05, 3.63) is 109 Å². The fraction of sp³-hybridized carbons (Fsp3) is 0.0714. The van der Waals surface area contributed by atoms with E-state index >= 15 is 0 Å². The van der Waals surface area contributed by atoms with Gasteiger partial charge in [0.25, 0.3) is 0 Å². The third-order valence-electron chi connectivity index (χ3n) is 4.67. The average molecular weight is 458 g/mol. The molecule has 3 rings (SSSR count). The highest BCUT2D eigenvalue weighted by molar-refractivity contribution is 5.89. The van der Waals surface area contributed by atoms with Gasteiger partial charge < -0.3 is 14.2 Å². The van der Waals surface area contributed by atoms with E-state index in [9.17, 15) is 14.0 Å². The summed E-state index contributed by atoms with van der Waals surface area (Å²) in [7, 11) is 0. The molecule has 0 N–H and O–H groups in total. The lowest BCUT2D eigenvalue weighted by Crippen LogP contribution is -2.08. The van der Waals surface area contributed by atoms with Gasteiger partial charge in [0.05, 0.1) is 0 Å². The van der Waals surface area contributed by atoms with Crippen molar-refractivity contribution in [2.45, 2.75) is 13.8 Å². The lowest BCUT2D eigenvalue weighted by atomic mass is 10.00. The SMILES string of the molecule is C=C(C)C(=O)OC=COc1ccc(-c2ccc(-c3ccc(OC(=O)C(=C)C)cc3F)cc2)cc1. The topological polar surface area (TPSA) is 61.8 Å². The number of hydrogen-bond acceptors (Lipinski definition) is 5. The molecule has 0 aliphatic heterocycles. The number of halogens is 1. The highest BCUT2D eigenvalue weighted by Crippen LogP contribution is 2.29. The molecule has 0 spiro atoms. The summed E-state index contributed by atoms with van der Waals surface area (Å²) in [5, 5.41) is 0. The predicted octanol–water partition coefficient (Wildman–Crippen LogP) is 6.61. The van der Waals surface area contributed by atoms with Crippen LogP contribution in [0.3, 0.4) is 0 Å². The van der Waals surface area contributed by atoms with E-state index in [0.29, 0.717) is 22.4 Å². The quantitative estimate of drug-likeness (QED) is 0.164. The van der Waals surface area contributed by atoms with Gasteiger partial charge in [0.2, 0.25) is 0 Å². The van der Waals surface area contributed by atoms with Gasteiger partial charge in [-0.1, -0.05) is 49.6 Å². The maximum absolute atomic E-state index is 14.6. The second kappa shape index (κ2) is 10.9. The van der Waals surface area contributed by atoms with Crippen LogP contribution in [0.4, 0.5) is 4.39 Å². The molecule has 0 bridgehead atoms. The van der Waals surface area contributed by atoms with Crippen LogP contribution in [0.1, 0.15) is 13.8 Å². The zero-order valence-electron chi connectivity index (χ0n) is 18.8. The Bertz CT molecular complexity index is 1250. The molecule has 5 nitrogen and oxygen atoms in total. The van der Waals surface area contributed by atoms with Crippen molar-refractivity contribution in [2.75, 3.05) is 0 Å². The number of esters is 2. The summed E-state index contributed by atoms with van der Waals surface area (Å²) >= 11 is 0. The van der Waals surface area contributed by atoms with Gasteiger partial charge in [-0.15, -0.1) is 0 Å². The van der Waals surface area contributed by atoms with E-state index in [2.05, 4.69) is 13.2 Å². The van der Waals surface area contributed by atoms with Gasteiger partial charge in [0.15, 0.2) is 0 Å². The molecule has 0 heterocycles. The van der Waals surface area contributed by atoms with Crippen molar-refractivity contribution < 1.29 is 28.2 Å². The Balaban J connectivity index is 1.66. The third kappa shape index (κ3) is 6.29. The molecule has 0 aliphatic rings. The normalized spacial score (nSPS) is 10.6. The van der Waals surface area contributed by atoms with E-state index in [4.69, 9.17) is 14.2 Å². The van der Waals surface area contributed by atoms with Crippen LogP contribution in [-0.2, 0) is 14.3 Å². The highest BCUT2D eigenvalue weighted by atomic mass is 19.1. The standard InChI is InChI=1S/C28H23FO5/c1-18(2)27(30)33-16-15-32-23-11-9-21(10-12-23)20-5-7-22(8-6-20)25-14-13-24(17-26(25)29)34-28(31)19(3)4/h5-17H,1,3H2,2,4H3. The molecule has 0 amide bonds. The molecule has 0 atom stereocenters. The number of benzene rings is 3. The molecule has 6 heteroatoms. The largest absolute Gasteiger partial charge is 0.462 e. The molecule has 34 heavy (non-hydrogen) atoms. The Morgan fingerprint density at radius 2 is 1.26 bits per heavy atom. The van der Waals surface area contributed by atoms with Gasteiger partial charge in [0, 0.05) is 22.8 Å². The summed E-state index contributed by atoms with van der Waals surface area (Å²) in [5.74, 6) is -0.936. The van der Waals surface area contributed by atoms with E-state index in [1.165, 1.54) is 19.3 Å². The predicted molar refractivity (Wildman–Crippen MR) is 128 cm³/mol. The summed E-state index contributed by atoms with van der Waals surface area (Å²) in [6.45, 7) is 10.1. The summed E-state index contributed by atoms with van der Waals surface area (Å²) < 4.78 is 29.9. The minimum atomic E-state index is -0.602. The first kappa shape index (κ1) is 24.2. The molecule has 0 fully saturated rings. The molecule has 3 aromatic carbocycles. The zero-order valence-corrected chi connectivity index (χ0v) is 18.8. The van der Waals surface area contributed by atoms with Crippen molar-refractivity contribution in [1.82, 2.24) is 0 Å². The zero-order chi connectivity index (χ0) is 24.7. The first-order valence-electron chi connectivity index (χ1n) is 10.3. The van der Waals surface area contributed by atoms with Crippen LogP contribution in [0, 0.1) is 5.82 Å². The monoisotopic (exact) mass is 458 g/mol. The van der Waals surface area contributed by atoms with Crippen molar-refractivity contribution in [3.63, 3.8) is 0 Å². The van der Waals surface area contributed by atoms with Crippen molar-refractivity contribution >= 4 is 11.9 Å². The van der Waals surface area contributed by atoms with E-state index in [0.717, 1.165) is 17.4 Å². The highest BCUT2D eigenvalue weighted by Gasteiger charge is 2.11. The molecule has 3 aromatic rings. The van der Waals surface area contributed by atoms with Gasteiger partial charge in [-0.2, -0.15) is 0 Å². The number of carbonyl (C=O) groups is 2. The van der Waals surface area contributed by atoms with Crippen LogP contribution in [0.15, 0.2) is 104 Å². The second-order valence-electron chi connectivity index (χ2n) is 7.49. The van der Waals surface area contributed by atoms with Crippen LogP contribution >= 0.6 is 0 Å². The van der Waals surface area contributed by atoms with Gasteiger partial charge in [-0.3, -0.25) is 0 Å². The molecule has 0 aliphatic carbocycles. The average Bonchev–Trinajstić information content (AvgIpc) is 2.82. The first-order chi connectivity index (χ1) is 16.2. The number of carbonyl (C=O) groups excluding carboxylic acids is 2. The molecular weight excluding hydrogens is 435 g/mol. The molecule has 172 valence electrons. The maximum atomic E-state index is 14.6. The number of ether oxygens (including phenoxy) is 3. The van der Waals surface area contributed by atoms with Crippen molar-refractivity contribution in [3.8, 4) is 33.8 Å². The van der Waals surface area contributed by atoms with Crippen LogP contribution in [-0.4, -0.2) is 11.9 Å². The summed E-state index contributed by atoms with van der Waals surface area (Å²) in [6, 6.07) is 19.0. The van der Waals surface area contributed by atoms with E-state index in [-0.39, 0.29) is 11.3 Å². The Hall–Kier alpha value is -4.45. The summed E-state index contributed by atoms with van der Waals surface area (Å²) in [5.41, 5.74) is 3.50. The van der Waals surface area contributed by atoms with Crippen LogP contribution in [0.25, 0.3) is 22.3 Å². The number of rotatable bonds is 8. The smallest absolute Gasteiger partial charge is 0.338 e. The summed E-state index contributed by atoms with van der Waals surface area (Å²) in [6.07, 6.45) is 2.42. The summed E-state index contributed by atoms with van der Waals surface area (Å²) in [4.78, 5) is 22.9. The molecule has 0 saturated carbocycles. The van der Waals surface area contributed by atoms with Gasteiger partial charge in [0.1, 0.15) is 29.8 Å². The van der Waals surface area contributed by atoms with Crippen LogP contribution in [0.2, 0.25) is 0 Å². The molecular formula is C28H23FO5. The Labute approximate surface area is 197 Å². The van der Waals surface area contributed by atoms with E-state index in [1.807, 2.05) is 36.4 Å². The van der Waals surface area contributed by atoms with Gasteiger partial charge in [-0.25, -0.2) is 14.0 Å². The van der Waals surface area contributed by atoms with Crippen LogP contribution < -0.4 is 9.47 Å². The fourth-order valence-electron chi connectivity index (χ4n) is 2.85. The Kier molecular flexibility index (Phi) is 7.77. The third-order valence-corrected chi connectivity index (χ3v) is 4.67. The molecule has 0 radical (unpaired) electrons.